The molecule has 4 nitrogen and oxygen atoms in total. The van der Waals surface area contributed by atoms with Gasteiger partial charge in [-0.25, -0.2) is 10.8 Å². The second kappa shape index (κ2) is 4.66. The SMILES string of the molecule is N#C[N+]1(c2c(Cl)cc(C(F)(F)F)cc2Cl)NC=CC1=N. The largest absolute Gasteiger partial charge is 0.416 e. The van der Waals surface area contributed by atoms with E-state index in [1.54, 1.807) is 6.19 Å². The number of rotatable bonds is 1. The van der Waals surface area contributed by atoms with Gasteiger partial charge in [0, 0.05) is 6.08 Å². The molecule has 2 rings (SSSR count). The van der Waals surface area contributed by atoms with E-state index in [1.165, 1.54) is 12.3 Å². The third-order valence-corrected chi connectivity index (χ3v) is 3.28. The Balaban J connectivity index is 2.66. The molecule has 1 heterocycles. The van der Waals surface area contributed by atoms with Crippen LogP contribution in [-0.4, -0.2) is 5.84 Å². The van der Waals surface area contributed by atoms with Crippen molar-refractivity contribution in [2.24, 2.45) is 0 Å². The zero-order chi connectivity index (χ0) is 15.1. The van der Waals surface area contributed by atoms with E-state index in [2.05, 4.69) is 5.43 Å². The molecule has 1 unspecified atom stereocenters. The average Bonchev–Trinajstić information content (AvgIpc) is 2.69. The fraction of sp³-hybridized carbons (Fsp3) is 0.0909. The minimum Gasteiger partial charge on any atom is -0.247 e. The number of amidine groups is 1. The first-order valence-electron chi connectivity index (χ1n) is 5.13. The van der Waals surface area contributed by atoms with Crippen LogP contribution in [-0.2, 0) is 6.18 Å². The van der Waals surface area contributed by atoms with E-state index < -0.39 is 16.3 Å². The minimum absolute atomic E-state index is 0.126. The number of halogens is 5. The molecule has 0 amide bonds. The number of hydrogen-bond acceptors (Lipinski definition) is 3. The third kappa shape index (κ3) is 2.12. The van der Waals surface area contributed by atoms with Crippen LogP contribution in [0.1, 0.15) is 5.56 Å². The molecule has 9 heteroatoms. The molecule has 0 spiro atoms. The molecule has 0 aromatic heterocycles. The Kier molecular flexibility index (Phi) is 3.42. The molecule has 2 N–H and O–H groups in total. The summed E-state index contributed by atoms with van der Waals surface area (Å²) in [5.74, 6) is -0.212. The van der Waals surface area contributed by atoms with Gasteiger partial charge in [0.05, 0.1) is 11.8 Å². The predicted octanol–water partition coefficient (Wildman–Crippen LogP) is 3.81. The van der Waals surface area contributed by atoms with Crippen LogP contribution in [0.3, 0.4) is 0 Å². The van der Waals surface area contributed by atoms with Crippen molar-refractivity contribution in [1.82, 2.24) is 10.0 Å². The number of hydrogen-bond donors (Lipinski definition) is 2. The fourth-order valence-corrected chi connectivity index (χ4v) is 2.52. The highest BCUT2D eigenvalue weighted by atomic mass is 35.5. The summed E-state index contributed by atoms with van der Waals surface area (Å²) in [6.45, 7) is 0. The van der Waals surface area contributed by atoms with E-state index in [0.29, 0.717) is 12.1 Å². The lowest BCUT2D eigenvalue weighted by Gasteiger charge is -2.24. The first kappa shape index (κ1) is 14.7. The zero-order valence-corrected chi connectivity index (χ0v) is 11.1. The molecule has 0 radical (unpaired) electrons. The van der Waals surface area contributed by atoms with Gasteiger partial charge in [-0.3, -0.25) is 0 Å². The Bertz CT molecular complexity index is 640. The van der Waals surface area contributed by atoms with Gasteiger partial charge in [-0.15, -0.1) is 5.26 Å². The number of quaternary nitrogens is 1. The Morgan fingerprint density at radius 2 is 1.80 bits per heavy atom. The van der Waals surface area contributed by atoms with Crippen molar-refractivity contribution < 1.29 is 13.2 Å². The fourth-order valence-electron chi connectivity index (χ4n) is 1.78. The molecule has 0 bridgehead atoms. The van der Waals surface area contributed by atoms with Crippen molar-refractivity contribution in [3.05, 3.63) is 40.0 Å². The highest BCUT2D eigenvalue weighted by Gasteiger charge is 2.45. The van der Waals surface area contributed by atoms with E-state index in [9.17, 15) is 18.4 Å². The van der Waals surface area contributed by atoms with E-state index >= 15 is 0 Å². The molecule has 1 atom stereocenters. The molecule has 1 aromatic carbocycles. The molecule has 1 aromatic rings. The summed E-state index contributed by atoms with van der Waals surface area (Å²) >= 11 is 11.7. The van der Waals surface area contributed by atoms with Crippen LogP contribution < -0.4 is 10.0 Å². The van der Waals surface area contributed by atoms with Crippen molar-refractivity contribution in [1.29, 1.82) is 10.7 Å². The summed E-state index contributed by atoms with van der Waals surface area (Å²) in [5.41, 5.74) is 1.40. The molecule has 20 heavy (non-hydrogen) atoms. The Morgan fingerprint density at radius 1 is 1.25 bits per heavy atom. The number of nitriles is 1. The quantitative estimate of drug-likeness (QED) is 0.610. The first-order chi connectivity index (χ1) is 9.22. The van der Waals surface area contributed by atoms with Gasteiger partial charge < -0.3 is 0 Å². The lowest BCUT2D eigenvalue weighted by atomic mass is 10.1. The predicted molar refractivity (Wildman–Crippen MR) is 68.9 cm³/mol. The van der Waals surface area contributed by atoms with E-state index in [4.69, 9.17) is 28.6 Å². The maximum atomic E-state index is 12.7. The van der Waals surface area contributed by atoms with Gasteiger partial charge in [-0.1, -0.05) is 23.2 Å². The number of nitrogens with zero attached hydrogens (tertiary/aromatic N) is 2. The van der Waals surface area contributed by atoms with Crippen LogP contribution in [0.15, 0.2) is 24.4 Å². The molecule has 0 aliphatic carbocycles. The summed E-state index contributed by atoms with van der Waals surface area (Å²) in [6.07, 6.45) is -0.231. The van der Waals surface area contributed by atoms with Crippen molar-refractivity contribution >= 4 is 34.7 Å². The van der Waals surface area contributed by atoms with Crippen LogP contribution >= 0.6 is 23.2 Å². The van der Waals surface area contributed by atoms with Crippen LogP contribution in [0.2, 0.25) is 10.0 Å². The number of nitrogens with one attached hydrogen (secondary N) is 2. The molecule has 1 aliphatic rings. The topological polar surface area (TPSA) is 59.7 Å². The van der Waals surface area contributed by atoms with Gasteiger partial charge in [0.2, 0.25) is 5.69 Å². The van der Waals surface area contributed by atoms with Crippen molar-refractivity contribution in [3.8, 4) is 6.19 Å². The van der Waals surface area contributed by atoms with E-state index in [-0.39, 0.29) is 21.6 Å². The van der Waals surface area contributed by atoms with E-state index in [0.717, 1.165) is 0 Å². The summed E-state index contributed by atoms with van der Waals surface area (Å²) < 4.78 is 37.1. The van der Waals surface area contributed by atoms with Crippen LogP contribution in [0, 0.1) is 16.9 Å². The Hall–Kier alpha value is -1.75. The van der Waals surface area contributed by atoms with E-state index in [1.807, 2.05) is 0 Å². The molecule has 0 fully saturated rings. The zero-order valence-electron chi connectivity index (χ0n) is 9.59. The lowest BCUT2D eigenvalue weighted by molar-refractivity contribution is -0.137. The van der Waals surface area contributed by atoms with Crippen molar-refractivity contribution in [3.63, 3.8) is 0 Å². The molecule has 0 saturated carbocycles. The average molecular weight is 322 g/mol. The Labute approximate surface area is 121 Å². The van der Waals surface area contributed by atoms with Gasteiger partial charge in [0.25, 0.3) is 5.84 Å². The van der Waals surface area contributed by atoms with Crippen LogP contribution in [0.4, 0.5) is 18.9 Å². The standard InChI is InChI=1S/C11H6Cl2F3N4/c12-7-3-6(11(14,15)16)4-8(13)10(7)20(5-17)9(18)1-2-19-20/h1-4,18-19H/q+1. The minimum atomic E-state index is -4.60. The molecule has 104 valence electrons. The smallest absolute Gasteiger partial charge is 0.247 e. The lowest BCUT2D eigenvalue weighted by Crippen LogP contribution is -2.53. The van der Waals surface area contributed by atoms with Crippen LogP contribution in [0.5, 0.6) is 0 Å². The Morgan fingerprint density at radius 3 is 2.15 bits per heavy atom. The molecular formula is C11H6Cl2F3N4+. The van der Waals surface area contributed by atoms with Gasteiger partial charge in [0.1, 0.15) is 10.0 Å². The van der Waals surface area contributed by atoms with Crippen molar-refractivity contribution in [2.45, 2.75) is 6.18 Å². The molecule has 1 aliphatic heterocycles. The van der Waals surface area contributed by atoms with Gasteiger partial charge in [0.15, 0.2) is 0 Å². The van der Waals surface area contributed by atoms with Gasteiger partial charge >= 0.3 is 12.4 Å². The number of alkyl halides is 3. The number of benzene rings is 1. The highest BCUT2D eigenvalue weighted by molar-refractivity contribution is 6.40. The third-order valence-electron chi connectivity index (χ3n) is 2.70. The molecule has 0 saturated heterocycles. The first-order valence-corrected chi connectivity index (χ1v) is 5.88. The summed E-state index contributed by atoms with van der Waals surface area (Å²) in [5, 5.41) is 16.3. The summed E-state index contributed by atoms with van der Waals surface area (Å²) in [4.78, 5) is 0. The van der Waals surface area contributed by atoms with Crippen LogP contribution in [0.25, 0.3) is 0 Å². The van der Waals surface area contributed by atoms with Gasteiger partial charge in [-0.05, 0) is 16.7 Å². The summed E-state index contributed by atoms with van der Waals surface area (Å²) in [6, 6.07) is 1.35. The molecular weight excluding hydrogens is 316 g/mol. The maximum absolute atomic E-state index is 12.7. The van der Waals surface area contributed by atoms with Crippen molar-refractivity contribution in [2.75, 3.05) is 0 Å². The van der Waals surface area contributed by atoms with Gasteiger partial charge in [-0.2, -0.15) is 13.2 Å². The highest BCUT2D eigenvalue weighted by Crippen LogP contribution is 2.42. The summed E-state index contributed by atoms with van der Waals surface area (Å²) in [7, 11) is 0. The maximum Gasteiger partial charge on any atom is 0.416 e. The normalized spacial score (nSPS) is 21.7. The monoisotopic (exact) mass is 321 g/mol. The second-order valence-corrected chi connectivity index (χ2v) is 4.72. The second-order valence-electron chi connectivity index (χ2n) is 3.90.